The average molecular weight is 214 g/mol. The maximum atomic E-state index is 11.0. The number of aliphatic hydroxyl groups is 1. The molecule has 0 aliphatic rings. The highest BCUT2D eigenvalue weighted by molar-refractivity contribution is 7.89. The first-order chi connectivity index (χ1) is 6.51. The number of hydrogen-bond donors (Lipinski definition) is 1. The highest BCUT2D eigenvalue weighted by Gasteiger charge is 2.03. The van der Waals surface area contributed by atoms with Crippen LogP contribution in [0.2, 0.25) is 0 Å². The van der Waals surface area contributed by atoms with Gasteiger partial charge in [-0.25, -0.2) is 8.42 Å². The van der Waals surface area contributed by atoms with Crippen molar-refractivity contribution in [3.05, 3.63) is 35.4 Å². The SMILES string of the molecule is CS(=O)(=O)Cc1ccc(CCO)cc1. The van der Waals surface area contributed by atoms with Gasteiger partial charge in [0, 0.05) is 12.9 Å². The molecular formula is C10H14O3S. The van der Waals surface area contributed by atoms with E-state index < -0.39 is 9.84 Å². The molecule has 0 aliphatic carbocycles. The van der Waals surface area contributed by atoms with Gasteiger partial charge in [-0.1, -0.05) is 24.3 Å². The Morgan fingerprint density at radius 2 is 1.64 bits per heavy atom. The number of aliphatic hydroxyl groups excluding tert-OH is 1. The first-order valence-corrected chi connectivity index (χ1v) is 6.44. The third-order valence-corrected chi connectivity index (χ3v) is 2.71. The lowest BCUT2D eigenvalue weighted by molar-refractivity contribution is 0.299. The zero-order valence-corrected chi connectivity index (χ0v) is 8.92. The Balaban J connectivity index is 2.74. The molecule has 78 valence electrons. The van der Waals surface area contributed by atoms with E-state index in [1.165, 1.54) is 6.26 Å². The molecule has 0 saturated carbocycles. The van der Waals surface area contributed by atoms with Gasteiger partial charge >= 0.3 is 0 Å². The Labute approximate surface area is 84.3 Å². The van der Waals surface area contributed by atoms with Gasteiger partial charge in [-0.15, -0.1) is 0 Å². The van der Waals surface area contributed by atoms with Crippen LogP contribution in [0.1, 0.15) is 11.1 Å². The molecule has 0 aliphatic heterocycles. The maximum absolute atomic E-state index is 11.0. The summed E-state index contributed by atoms with van der Waals surface area (Å²) in [5.41, 5.74) is 1.80. The molecule has 0 fully saturated rings. The molecule has 0 bridgehead atoms. The number of rotatable bonds is 4. The van der Waals surface area contributed by atoms with Crippen molar-refractivity contribution in [3.63, 3.8) is 0 Å². The summed E-state index contributed by atoms with van der Waals surface area (Å²) in [6, 6.07) is 7.26. The molecule has 1 rings (SSSR count). The van der Waals surface area contributed by atoms with E-state index >= 15 is 0 Å². The standard InChI is InChI=1S/C10H14O3S/c1-14(12,13)8-10-4-2-9(3-5-10)6-7-11/h2-5,11H,6-8H2,1H3. The molecule has 14 heavy (non-hydrogen) atoms. The first kappa shape index (κ1) is 11.2. The molecule has 1 N–H and O–H groups in total. The van der Waals surface area contributed by atoms with Crippen molar-refractivity contribution in [2.75, 3.05) is 12.9 Å². The van der Waals surface area contributed by atoms with Gasteiger partial charge in [0.05, 0.1) is 5.75 Å². The minimum atomic E-state index is -2.95. The molecule has 0 amide bonds. The highest BCUT2D eigenvalue weighted by Crippen LogP contribution is 2.07. The van der Waals surface area contributed by atoms with Gasteiger partial charge < -0.3 is 5.11 Å². The van der Waals surface area contributed by atoms with E-state index in [1.54, 1.807) is 12.1 Å². The molecule has 0 spiro atoms. The molecule has 0 atom stereocenters. The van der Waals surface area contributed by atoms with E-state index in [2.05, 4.69) is 0 Å². The van der Waals surface area contributed by atoms with Crippen molar-refractivity contribution < 1.29 is 13.5 Å². The molecule has 0 aromatic heterocycles. The predicted octanol–water partition coefficient (Wildman–Crippen LogP) is 0.766. The quantitative estimate of drug-likeness (QED) is 0.805. The van der Waals surface area contributed by atoms with E-state index in [9.17, 15) is 8.42 Å². The normalized spacial score (nSPS) is 11.6. The fraction of sp³-hybridized carbons (Fsp3) is 0.400. The summed E-state index contributed by atoms with van der Waals surface area (Å²) in [6.07, 6.45) is 1.83. The summed E-state index contributed by atoms with van der Waals surface area (Å²) < 4.78 is 21.9. The zero-order valence-electron chi connectivity index (χ0n) is 8.10. The van der Waals surface area contributed by atoms with Crippen LogP contribution in [0.5, 0.6) is 0 Å². The van der Waals surface area contributed by atoms with Crippen LogP contribution in [0.15, 0.2) is 24.3 Å². The number of hydrogen-bond acceptors (Lipinski definition) is 3. The second-order valence-electron chi connectivity index (χ2n) is 3.36. The summed E-state index contributed by atoms with van der Waals surface area (Å²) in [4.78, 5) is 0. The monoisotopic (exact) mass is 214 g/mol. The molecular weight excluding hydrogens is 200 g/mol. The largest absolute Gasteiger partial charge is 0.396 e. The Morgan fingerprint density at radius 1 is 1.14 bits per heavy atom. The van der Waals surface area contributed by atoms with E-state index in [-0.39, 0.29) is 12.4 Å². The van der Waals surface area contributed by atoms with Crippen LogP contribution < -0.4 is 0 Å². The summed E-state index contributed by atoms with van der Waals surface area (Å²) in [5.74, 6) is 0.0758. The second kappa shape index (κ2) is 4.57. The summed E-state index contributed by atoms with van der Waals surface area (Å²) in [6.45, 7) is 0.116. The van der Waals surface area contributed by atoms with E-state index in [0.717, 1.165) is 11.1 Å². The minimum absolute atomic E-state index is 0.0758. The lowest BCUT2D eigenvalue weighted by Gasteiger charge is -2.01. The minimum Gasteiger partial charge on any atom is -0.396 e. The van der Waals surface area contributed by atoms with Gasteiger partial charge in [0.15, 0.2) is 9.84 Å². The number of sulfone groups is 1. The van der Waals surface area contributed by atoms with Crippen LogP contribution in [0.25, 0.3) is 0 Å². The van der Waals surface area contributed by atoms with Crippen LogP contribution in [0, 0.1) is 0 Å². The fourth-order valence-electron chi connectivity index (χ4n) is 1.23. The lowest BCUT2D eigenvalue weighted by atomic mass is 10.1. The summed E-state index contributed by atoms with van der Waals surface area (Å²) in [7, 11) is -2.95. The number of benzene rings is 1. The third kappa shape index (κ3) is 3.89. The fourth-order valence-corrected chi connectivity index (χ4v) is 2.03. The van der Waals surface area contributed by atoms with Gasteiger partial charge in [0.2, 0.25) is 0 Å². The predicted molar refractivity (Wildman–Crippen MR) is 55.8 cm³/mol. The first-order valence-electron chi connectivity index (χ1n) is 4.37. The Hall–Kier alpha value is -0.870. The van der Waals surface area contributed by atoms with Crippen LogP contribution in [0.3, 0.4) is 0 Å². The molecule has 3 nitrogen and oxygen atoms in total. The van der Waals surface area contributed by atoms with Crippen molar-refractivity contribution >= 4 is 9.84 Å². The summed E-state index contributed by atoms with van der Waals surface area (Å²) >= 11 is 0. The van der Waals surface area contributed by atoms with E-state index in [1.807, 2.05) is 12.1 Å². The highest BCUT2D eigenvalue weighted by atomic mass is 32.2. The molecule has 0 heterocycles. The average Bonchev–Trinajstić information content (AvgIpc) is 2.06. The van der Waals surface area contributed by atoms with Crippen molar-refractivity contribution in [2.24, 2.45) is 0 Å². The lowest BCUT2D eigenvalue weighted by Crippen LogP contribution is -2.00. The van der Waals surface area contributed by atoms with Crippen molar-refractivity contribution in [1.29, 1.82) is 0 Å². The maximum Gasteiger partial charge on any atom is 0.151 e. The smallest absolute Gasteiger partial charge is 0.151 e. The van der Waals surface area contributed by atoms with E-state index in [4.69, 9.17) is 5.11 Å². The van der Waals surface area contributed by atoms with Crippen LogP contribution in [-0.2, 0) is 22.0 Å². The molecule has 0 saturated heterocycles. The van der Waals surface area contributed by atoms with Gasteiger partial charge in [-0.3, -0.25) is 0 Å². The van der Waals surface area contributed by atoms with Crippen molar-refractivity contribution in [2.45, 2.75) is 12.2 Å². The van der Waals surface area contributed by atoms with E-state index in [0.29, 0.717) is 6.42 Å². The molecule has 1 aromatic carbocycles. The second-order valence-corrected chi connectivity index (χ2v) is 5.50. The van der Waals surface area contributed by atoms with Gasteiger partial charge in [-0.05, 0) is 17.5 Å². The Kier molecular flexibility index (Phi) is 3.66. The van der Waals surface area contributed by atoms with Crippen LogP contribution in [-0.4, -0.2) is 26.4 Å². The van der Waals surface area contributed by atoms with Crippen molar-refractivity contribution in [3.8, 4) is 0 Å². The Bertz CT molecular complexity index is 378. The van der Waals surface area contributed by atoms with Gasteiger partial charge in [0.25, 0.3) is 0 Å². The molecule has 4 heteroatoms. The van der Waals surface area contributed by atoms with Crippen LogP contribution >= 0.6 is 0 Å². The van der Waals surface area contributed by atoms with Crippen LogP contribution in [0.4, 0.5) is 0 Å². The molecule has 0 unspecified atom stereocenters. The zero-order chi connectivity index (χ0) is 10.6. The molecule has 0 radical (unpaired) electrons. The summed E-state index contributed by atoms with van der Waals surface area (Å²) in [5, 5.41) is 8.68. The topological polar surface area (TPSA) is 54.4 Å². The van der Waals surface area contributed by atoms with Crippen molar-refractivity contribution in [1.82, 2.24) is 0 Å². The molecule has 1 aromatic rings. The van der Waals surface area contributed by atoms with Gasteiger partial charge in [-0.2, -0.15) is 0 Å². The Morgan fingerprint density at radius 3 is 2.07 bits per heavy atom. The third-order valence-electron chi connectivity index (χ3n) is 1.85. The van der Waals surface area contributed by atoms with Gasteiger partial charge in [0.1, 0.15) is 0 Å².